The summed E-state index contributed by atoms with van der Waals surface area (Å²) in [5.74, 6) is 2.97. The fourth-order valence-electron chi connectivity index (χ4n) is 4.79. The summed E-state index contributed by atoms with van der Waals surface area (Å²) in [4.78, 5) is 0. The molecule has 0 radical (unpaired) electrons. The summed E-state index contributed by atoms with van der Waals surface area (Å²) >= 11 is 0. The topological polar surface area (TPSA) is 241 Å². The summed E-state index contributed by atoms with van der Waals surface area (Å²) in [5.41, 5.74) is 17.3. The lowest BCUT2D eigenvalue weighted by molar-refractivity contribution is 0.319. The van der Waals surface area contributed by atoms with E-state index in [1.165, 1.54) is 96.3 Å². The molecule has 0 aromatic rings. The molecule has 0 aliphatic heterocycles. The van der Waals surface area contributed by atoms with Gasteiger partial charge in [-0.1, -0.05) is 40.0 Å². The Morgan fingerprint density at radius 2 is 0.548 bits per heavy atom. The molecule has 0 unspecified atom stereocenters. The van der Waals surface area contributed by atoms with Crippen molar-refractivity contribution in [1.82, 2.24) is 0 Å². The lowest BCUT2D eigenvalue weighted by atomic mass is 9.85. The van der Waals surface area contributed by atoms with Crippen LogP contribution in [-0.2, 0) is 30.4 Å². The monoisotopic (exact) mass is 669 g/mol. The third-order valence-electron chi connectivity index (χ3n) is 7.41. The van der Waals surface area contributed by atoms with E-state index in [-0.39, 0.29) is 0 Å². The van der Waals surface area contributed by atoms with Crippen molar-refractivity contribution in [2.24, 2.45) is 35.0 Å². The van der Waals surface area contributed by atoms with Crippen LogP contribution >= 0.6 is 0 Å². The molecule has 15 heteroatoms. The Morgan fingerprint density at radius 1 is 0.429 bits per heavy atom. The van der Waals surface area contributed by atoms with Gasteiger partial charge in [0.1, 0.15) is 0 Å². The highest BCUT2D eigenvalue weighted by Gasteiger charge is 2.17. The van der Waals surface area contributed by atoms with E-state index < -0.39 is 30.4 Å². The summed E-state index contributed by atoms with van der Waals surface area (Å²) in [7, 11) is -11.0. The largest absolute Gasteiger partial charge is 0.328 e. The lowest BCUT2D eigenvalue weighted by Crippen LogP contribution is -2.26. The standard InChI is InChI=1S/3C8H17N.3CH4O3S/c3*1-2-7-3-5-8(9)6-4-7;3*1-5(2,3)4/h3*7-8H,2-6,9H2,1H3;3*1H3,(H,2,3,4). The molecule has 258 valence electrons. The van der Waals surface area contributed by atoms with Crippen LogP contribution < -0.4 is 17.2 Å². The first-order valence-electron chi connectivity index (χ1n) is 15.0. The van der Waals surface area contributed by atoms with Crippen LogP contribution in [0.3, 0.4) is 0 Å². The smallest absolute Gasteiger partial charge is 0.261 e. The Kier molecular flexibility index (Phi) is 27.3. The third kappa shape index (κ3) is 46.6. The van der Waals surface area contributed by atoms with Gasteiger partial charge in [-0.2, -0.15) is 25.3 Å². The molecule has 0 bridgehead atoms. The molecule has 0 amide bonds. The van der Waals surface area contributed by atoms with Crippen LogP contribution in [0.25, 0.3) is 0 Å². The van der Waals surface area contributed by atoms with Crippen molar-refractivity contribution in [3.05, 3.63) is 0 Å². The number of hydrogen-bond acceptors (Lipinski definition) is 9. The molecule has 0 atom stereocenters. The van der Waals surface area contributed by atoms with Crippen molar-refractivity contribution in [1.29, 1.82) is 0 Å². The zero-order valence-electron chi connectivity index (χ0n) is 26.8. The molecule has 42 heavy (non-hydrogen) atoms. The summed E-state index contributed by atoms with van der Waals surface area (Å²) < 4.78 is 77.6. The average molecular weight is 670 g/mol. The number of nitrogens with two attached hydrogens (primary N) is 3. The van der Waals surface area contributed by atoms with Crippen molar-refractivity contribution in [2.45, 2.75) is 135 Å². The van der Waals surface area contributed by atoms with Crippen molar-refractivity contribution in [3.63, 3.8) is 0 Å². The SMILES string of the molecule is CCC1CCC(N)CC1.CCC1CCC(N)CC1.CCC1CCC(N)CC1.CS(=O)(=O)O.CS(=O)(=O)O.CS(=O)(=O)O. The maximum atomic E-state index is 9.19. The zero-order chi connectivity index (χ0) is 33.6. The van der Waals surface area contributed by atoms with E-state index in [1.807, 2.05) is 0 Å². The average Bonchev–Trinajstić information content (AvgIpc) is 2.83. The minimum absolute atomic E-state index is 0.521. The normalized spacial score (nSPS) is 27.7. The molecule has 0 heterocycles. The molecule has 0 saturated heterocycles. The highest BCUT2D eigenvalue weighted by atomic mass is 32.2. The van der Waals surface area contributed by atoms with E-state index in [0.29, 0.717) is 36.9 Å². The zero-order valence-corrected chi connectivity index (χ0v) is 29.3. The first-order valence-corrected chi connectivity index (χ1v) is 20.6. The first kappa shape index (κ1) is 46.0. The lowest BCUT2D eigenvalue weighted by Gasteiger charge is -2.24. The molecular weight excluding hydrogens is 607 g/mol. The van der Waals surface area contributed by atoms with Crippen LogP contribution in [0.15, 0.2) is 0 Å². The van der Waals surface area contributed by atoms with Gasteiger partial charge in [0.05, 0.1) is 18.8 Å². The van der Waals surface area contributed by atoms with E-state index in [4.69, 9.17) is 30.9 Å². The van der Waals surface area contributed by atoms with E-state index in [0.717, 1.165) is 17.8 Å². The van der Waals surface area contributed by atoms with Gasteiger partial charge in [0, 0.05) is 18.1 Å². The Labute approximate surface area is 257 Å². The van der Waals surface area contributed by atoms with Crippen LogP contribution in [0.5, 0.6) is 0 Å². The van der Waals surface area contributed by atoms with E-state index in [9.17, 15) is 25.3 Å². The minimum Gasteiger partial charge on any atom is -0.328 e. The second kappa shape index (κ2) is 24.9. The Hall–Kier alpha value is -0.390. The maximum absolute atomic E-state index is 9.19. The molecule has 0 spiro atoms. The van der Waals surface area contributed by atoms with Gasteiger partial charge >= 0.3 is 0 Å². The van der Waals surface area contributed by atoms with Crippen LogP contribution in [0.4, 0.5) is 0 Å². The predicted octanol–water partition coefficient (Wildman–Crippen LogP) is 4.25. The van der Waals surface area contributed by atoms with Gasteiger partial charge in [-0.05, 0) is 94.8 Å². The minimum atomic E-state index is -3.67. The fourth-order valence-corrected chi connectivity index (χ4v) is 4.79. The number of hydrogen-bond donors (Lipinski definition) is 6. The fraction of sp³-hybridized carbons (Fsp3) is 1.00. The van der Waals surface area contributed by atoms with Gasteiger partial charge < -0.3 is 17.2 Å². The van der Waals surface area contributed by atoms with Gasteiger partial charge in [-0.25, -0.2) is 0 Å². The molecule has 0 aromatic carbocycles. The van der Waals surface area contributed by atoms with Crippen molar-refractivity contribution in [2.75, 3.05) is 18.8 Å². The van der Waals surface area contributed by atoms with E-state index in [1.54, 1.807) is 0 Å². The molecule has 3 aliphatic carbocycles. The van der Waals surface area contributed by atoms with Crippen LogP contribution in [-0.4, -0.2) is 75.8 Å². The molecule has 3 saturated carbocycles. The van der Waals surface area contributed by atoms with Gasteiger partial charge in [-0.3, -0.25) is 13.7 Å². The highest BCUT2D eigenvalue weighted by Crippen LogP contribution is 2.26. The van der Waals surface area contributed by atoms with E-state index in [2.05, 4.69) is 20.8 Å². The second-order valence-electron chi connectivity index (χ2n) is 11.8. The van der Waals surface area contributed by atoms with Gasteiger partial charge in [0.25, 0.3) is 30.4 Å². The van der Waals surface area contributed by atoms with Crippen LogP contribution in [0, 0.1) is 17.8 Å². The summed E-state index contributed by atoms with van der Waals surface area (Å²) in [6.07, 6.45) is 22.0. The second-order valence-corrected chi connectivity index (χ2v) is 16.2. The molecule has 3 aliphatic rings. The maximum Gasteiger partial charge on any atom is 0.261 e. The molecule has 12 nitrogen and oxygen atoms in total. The quantitative estimate of drug-likeness (QED) is 0.231. The van der Waals surface area contributed by atoms with Crippen LogP contribution in [0.1, 0.15) is 117 Å². The van der Waals surface area contributed by atoms with Crippen LogP contribution in [0.2, 0.25) is 0 Å². The third-order valence-corrected chi connectivity index (χ3v) is 7.41. The molecule has 0 aromatic heterocycles. The number of rotatable bonds is 3. The molecule has 3 rings (SSSR count). The molecule has 9 N–H and O–H groups in total. The Balaban J connectivity index is -0.000000446. The van der Waals surface area contributed by atoms with Gasteiger partial charge in [0.2, 0.25) is 0 Å². The van der Waals surface area contributed by atoms with Gasteiger partial charge in [-0.15, -0.1) is 0 Å². The van der Waals surface area contributed by atoms with Crippen molar-refractivity contribution >= 4 is 30.4 Å². The van der Waals surface area contributed by atoms with Gasteiger partial charge in [0.15, 0.2) is 0 Å². The predicted molar refractivity (Wildman–Crippen MR) is 173 cm³/mol. The Bertz CT molecular complexity index is 791. The summed E-state index contributed by atoms with van der Waals surface area (Å²) in [6, 6.07) is 1.56. The summed E-state index contributed by atoms with van der Waals surface area (Å²) in [5, 5.41) is 0. The Morgan fingerprint density at radius 3 is 0.643 bits per heavy atom. The van der Waals surface area contributed by atoms with Crippen molar-refractivity contribution < 1.29 is 38.9 Å². The molecule has 3 fully saturated rings. The summed E-state index contributed by atoms with van der Waals surface area (Å²) in [6.45, 7) is 6.84. The van der Waals surface area contributed by atoms with E-state index >= 15 is 0 Å². The van der Waals surface area contributed by atoms with Crippen molar-refractivity contribution in [3.8, 4) is 0 Å². The first-order chi connectivity index (χ1) is 19.0. The highest BCUT2D eigenvalue weighted by molar-refractivity contribution is 7.85. The molecular formula is C27H63N3O9S3.